The van der Waals surface area contributed by atoms with Crippen LogP contribution in [0.3, 0.4) is 0 Å². The molecule has 0 amide bonds. The standard InChI is InChI=1S/C9H11NO3/c1-2-6-13-9(12)7-4-3-5-8(11)10-7/h3-5H,2,6H2,1H3,(H,10,11). The number of ether oxygens (including phenoxy) is 1. The second-order valence-corrected chi connectivity index (χ2v) is 2.56. The Morgan fingerprint density at radius 2 is 2.31 bits per heavy atom. The average molecular weight is 181 g/mol. The molecule has 0 bridgehead atoms. The lowest BCUT2D eigenvalue weighted by Crippen LogP contribution is -2.13. The van der Waals surface area contributed by atoms with Crippen molar-refractivity contribution < 1.29 is 9.53 Å². The van der Waals surface area contributed by atoms with Gasteiger partial charge in [0.15, 0.2) is 0 Å². The van der Waals surface area contributed by atoms with Gasteiger partial charge in [0.1, 0.15) is 5.69 Å². The van der Waals surface area contributed by atoms with Crippen molar-refractivity contribution in [3.8, 4) is 0 Å². The first kappa shape index (κ1) is 9.51. The molecule has 1 aromatic heterocycles. The second-order valence-electron chi connectivity index (χ2n) is 2.56. The number of nitrogens with one attached hydrogen (secondary N) is 1. The molecular weight excluding hydrogens is 170 g/mol. The van der Waals surface area contributed by atoms with E-state index in [-0.39, 0.29) is 11.3 Å². The van der Waals surface area contributed by atoms with Crippen LogP contribution in [0.15, 0.2) is 23.0 Å². The molecule has 13 heavy (non-hydrogen) atoms. The lowest BCUT2D eigenvalue weighted by atomic mass is 10.3. The van der Waals surface area contributed by atoms with Crippen molar-refractivity contribution in [1.29, 1.82) is 0 Å². The van der Waals surface area contributed by atoms with Gasteiger partial charge >= 0.3 is 5.97 Å². The Bertz CT molecular complexity index is 343. The molecule has 0 fully saturated rings. The van der Waals surface area contributed by atoms with E-state index in [1.165, 1.54) is 18.2 Å². The summed E-state index contributed by atoms with van der Waals surface area (Å²) >= 11 is 0. The van der Waals surface area contributed by atoms with Gasteiger partial charge in [-0.25, -0.2) is 4.79 Å². The third-order valence-electron chi connectivity index (χ3n) is 1.43. The maximum atomic E-state index is 11.2. The van der Waals surface area contributed by atoms with Crippen LogP contribution >= 0.6 is 0 Å². The first-order chi connectivity index (χ1) is 6.24. The van der Waals surface area contributed by atoms with Crippen LogP contribution in [0.4, 0.5) is 0 Å². The third kappa shape index (κ3) is 2.74. The molecular formula is C9H11NO3. The Balaban J connectivity index is 2.71. The van der Waals surface area contributed by atoms with Crippen LogP contribution in [0.2, 0.25) is 0 Å². The number of carbonyl (C=O) groups excluding carboxylic acids is 1. The summed E-state index contributed by atoms with van der Waals surface area (Å²) in [5.41, 5.74) is -0.105. The van der Waals surface area contributed by atoms with E-state index in [2.05, 4.69) is 4.98 Å². The van der Waals surface area contributed by atoms with Gasteiger partial charge < -0.3 is 9.72 Å². The largest absolute Gasteiger partial charge is 0.461 e. The molecule has 0 spiro atoms. The number of carbonyl (C=O) groups is 1. The summed E-state index contributed by atoms with van der Waals surface area (Å²) in [5, 5.41) is 0. The fraction of sp³-hybridized carbons (Fsp3) is 0.333. The highest BCUT2D eigenvalue weighted by Gasteiger charge is 2.05. The number of pyridine rings is 1. The monoisotopic (exact) mass is 181 g/mol. The van der Waals surface area contributed by atoms with Gasteiger partial charge in [-0.2, -0.15) is 0 Å². The maximum Gasteiger partial charge on any atom is 0.354 e. The van der Waals surface area contributed by atoms with E-state index >= 15 is 0 Å². The highest BCUT2D eigenvalue weighted by molar-refractivity contribution is 5.86. The average Bonchev–Trinajstić information content (AvgIpc) is 2.14. The van der Waals surface area contributed by atoms with Crippen LogP contribution in [0.1, 0.15) is 23.8 Å². The summed E-state index contributed by atoms with van der Waals surface area (Å²) in [7, 11) is 0. The summed E-state index contributed by atoms with van der Waals surface area (Å²) in [6.45, 7) is 2.27. The normalized spacial score (nSPS) is 9.62. The number of hydrogen-bond acceptors (Lipinski definition) is 3. The third-order valence-corrected chi connectivity index (χ3v) is 1.43. The molecule has 0 saturated carbocycles. The van der Waals surface area contributed by atoms with Crippen molar-refractivity contribution in [2.75, 3.05) is 6.61 Å². The number of rotatable bonds is 3. The number of esters is 1. The van der Waals surface area contributed by atoms with Gasteiger partial charge in [-0.1, -0.05) is 13.0 Å². The minimum atomic E-state index is -0.487. The van der Waals surface area contributed by atoms with Crippen molar-refractivity contribution in [2.45, 2.75) is 13.3 Å². The first-order valence-corrected chi connectivity index (χ1v) is 4.10. The molecule has 0 aliphatic carbocycles. The molecule has 1 rings (SSSR count). The molecule has 0 aliphatic rings. The fourth-order valence-corrected chi connectivity index (χ4v) is 0.839. The molecule has 0 radical (unpaired) electrons. The van der Waals surface area contributed by atoms with Crippen LogP contribution in [0, 0.1) is 0 Å². The van der Waals surface area contributed by atoms with Crippen LogP contribution in [0.5, 0.6) is 0 Å². The Labute approximate surface area is 75.5 Å². The molecule has 1 N–H and O–H groups in total. The van der Waals surface area contributed by atoms with Gasteiger partial charge in [-0.05, 0) is 12.5 Å². The predicted molar refractivity (Wildman–Crippen MR) is 47.6 cm³/mol. The molecule has 1 heterocycles. The fourth-order valence-electron chi connectivity index (χ4n) is 0.839. The van der Waals surface area contributed by atoms with E-state index < -0.39 is 5.97 Å². The van der Waals surface area contributed by atoms with Gasteiger partial charge in [0.2, 0.25) is 5.56 Å². The van der Waals surface area contributed by atoms with E-state index in [9.17, 15) is 9.59 Å². The quantitative estimate of drug-likeness (QED) is 0.706. The Morgan fingerprint density at radius 1 is 1.54 bits per heavy atom. The van der Waals surface area contributed by atoms with E-state index in [4.69, 9.17) is 4.74 Å². The van der Waals surface area contributed by atoms with E-state index in [0.717, 1.165) is 6.42 Å². The number of aromatic nitrogens is 1. The molecule has 0 atom stereocenters. The van der Waals surface area contributed by atoms with Crippen LogP contribution < -0.4 is 5.56 Å². The Kier molecular flexibility index (Phi) is 3.25. The highest BCUT2D eigenvalue weighted by Crippen LogP contribution is 1.94. The lowest BCUT2D eigenvalue weighted by Gasteiger charge is -2.01. The van der Waals surface area contributed by atoms with Gasteiger partial charge in [-0.15, -0.1) is 0 Å². The number of H-pyrrole nitrogens is 1. The minimum Gasteiger partial charge on any atom is -0.461 e. The van der Waals surface area contributed by atoms with Crippen molar-refractivity contribution in [1.82, 2.24) is 4.98 Å². The molecule has 0 saturated heterocycles. The lowest BCUT2D eigenvalue weighted by molar-refractivity contribution is 0.0498. The Hall–Kier alpha value is -1.58. The Morgan fingerprint density at radius 3 is 2.92 bits per heavy atom. The number of hydrogen-bond donors (Lipinski definition) is 1. The SMILES string of the molecule is CCCOC(=O)c1cccc(=O)[nH]1. The van der Waals surface area contributed by atoms with Crippen LogP contribution in [0.25, 0.3) is 0 Å². The van der Waals surface area contributed by atoms with E-state index in [1.54, 1.807) is 0 Å². The van der Waals surface area contributed by atoms with Gasteiger partial charge in [0.25, 0.3) is 0 Å². The van der Waals surface area contributed by atoms with Gasteiger partial charge in [-0.3, -0.25) is 4.79 Å². The smallest absolute Gasteiger partial charge is 0.354 e. The minimum absolute atomic E-state index is 0.195. The van der Waals surface area contributed by atoms with Crippen molar-refractivity contribution >= 4 is 5.97 Å². The van der Waals surface area contributed by atoms with Crippen LogP contribution in [-0.2, 0) is 4.74 Å². The topological polar surface area (TPSA) is 59.2 Å². The highest BCUT2D eigenvalue weighted by atomic mass is 16.5. The van der Waals surface area contributed by atoms with Crippen LogP contribution in [-0.4, -0.2) is 17.6 Å². The summed E-state index contributed by atoms with van der Waals surface area (Å²) in [6.07, 6.45) is 0.767. The van der Waals surface area contributed by atoms with Crippen molar-refractivity contribution in [3.05, 3.63) is 34.2 Å². The zero-order chi connectivity index (χ0) is 9.68. The molecule has 0 aromatic carbocycles. The summed E-state index contributed by atoms with van der Waals surface area (Å²) in [5.74, 6) is -0.487. The van der Waals surface area contributed by atoms with E-state index in [1.807, 2.05) is 6.92 Å². The predicted octanol–water partition coefficient (Wildman–Crippen LogP) is 0.942. The first-order valence-electron chi connectivity index (χ1n) is 4.10. The second kappa shape index (κ2) is 4.45. The summed E-state index contributed by atoms with van der Waals surface area (Å²) in [4.78, 5) is 24.4. The maximum absolute atomic E-state index is 11.2. The molecule has 0 unspecified atom stereocenters. The molecule has 1 aromatic rings. The van der Waals surface area contributed by atoms with Gasteiger partial charge in [0, 0.05) is 6.07 Å². The molecule has 4 heteroatoms. The van der Waals surface area contributed by atoms with Gasteiger partial charge in [0.05, 0.1) is 6.61 Å². The number of aromatic amines is 1. The molecule has 4 nitrogen and oxygen atoms in total. The molecule has 0 aliphatic heterocycles. The van der Waals surface area contributed by atoms with Crippen molar-refractivity contribution in [3.63, 3.8) is 0 Å². The summed E-state index contributed by atoms with van der Waals surface area (Å²) < 4.78 is 4.82. The zero-order valence-electron chi connectivity index (χ0n) is 7.37. The van der Waals surface area contributed by atoms with Crippen molar-refractivity contribution in [2.24, 2.45) is 0 Å². The van der Waals surface area contributed by atoms with E-state index in [0.29, 0.717) is 6.61 Å². The zero-order valence-corrected chi connectivity index (χ0v) is 7.37. The summed E-state index contributed by atoms with van der Waals surface area (Å²) in [6, 6.07) is 4.37. The molecule has 70 valence electrons.